The van der Waals surface area contributed by atoms with Crippen molar-refractivity contribution >= 4 is 17.9 Å². The SMILES string of the molecule is CC(=O)O[C@@H]1[C@@H](OC(C)=O)[C@@H]2CO[C@@H](O2)[C@@H]1OC(C)=O. The number of hydrogen-bond acceptors (Lipinski definition) is 8. The van der Waals surface area contributed by atoms with E-state index in [-0.39, 0.29) is 6.61 Å². The highest BCUT2D eigenvalue weighted by molar-refractivity contribution is 5.68. The summed E-state index contributed by atoms with van der Waals surface area (Å²) in [5, 5.41) is 0. The van der Waals surface area contributed by atoms with Crippen molar-refractivity contribution in [3.05, 3.63) is 0 Å². The molecule has 0 aromatic carbocycles. The molecular formula is C12H16O8. The number of rotatable bonds is 3. The zero-order valence-corrected chi connectivity index (χ0v) is 11.4. The van der Waals surface area contributed by atoms with Crippen LogP contribution in [-0.4, -0.2) is 55.2 Å². The zero-order chi connectivity index (χ0) is 14.9. The number of fused-ring (bicyclic) bond motifs is 2. The van der Waals surface area contributed by atoms with Gasteiger partial charge in [-0.05, 0) is 0 Å². The van der Waals surface area contributed by atoms with Gasteiger partial charge < -0.3 is 23.7 Å². The largest absolute Gasteiger partial charge is 0.456 e. The molecule has 2 aliphatic rings. The molecule has 2 aliphatic heterocycles. The lowest BCUT2D eigenvalue weighted by atomic mass is 10.00. The molecule has 2 saturated heterocycles. The van der Waals surface area contributed by atoms with E-state index in [2.05, 4.69) is 0 Å². The lowest BCUT2D eigenvalue weighted by molar-refractivity contribution is -0.250. The molecule has 112 valence electrons. The van der Waals surface area contributed by atoms with E-state index >= 15 is 0 Å². The monoisotopic (exact) mass is 288 g/mol. The molecule has 2 heterocycles. The van der Waals surface area contributed by atoms with E-state index in [1.54, 1.807) is 0 Å². The molecule has 2 rings (SSSR count). The molecular weight excluding hydrogens is 272 g/mol. The highest BCUT2D eigenvalue weighted by Crippen LogP contribution is 2.33. The summed E-state index contributed by atoms with van der Waals surface area (Å²) in [5.74, 6) is -1.71. The van der Waals surface area contributed by atoms with Gasteiger partial charge in [-0.1, -0.05) is 0 Å². The van der Waals surface area contributed by atoms with Crippen LogP contribution >= 0.6 is 0 Å². The van der Waals surface area contributed by atoms with Crippen LogP contribution in [0.3, 0.4) is 0 Å². The Morgan fingerprint density at radius 3 is 1.90 bits per heavy atom. The summed E-state index contributed by atoms with van der Waals surface area (Å²) in [4.78, 5) is 33.6. The smallest absolute Gasteiger partial charge is 0.303 e. The van der Waals surface area contributed by atoms with Crippen LogP contribution in [0.5, 0.6) is 0 Å². The van der Waals surface area contributed by atoms with Crippen LogP contribution in [0.1, 0.15) is 20.8 Å². The molecule has 5 atom stereocenters. The summed E-state index contributed by atoms with van der Waals surface area (Å²) in [6.45, 7) is 3.83. The van der Waals surface area contributed by atoms with Crippen molar-refractivity contribution in [1.29, 1.82) is 0 Å². The summed E-state index contributed by atoms with van der Waals surface area (Å²) in [6.07, 6.45) is -4.19. The fourth-order valence-electron chi connectivity index (χ4n) is 2.31. The topological polar surface area (TPSA) is 97.4 Å². The quantitative estimate of drug-likeness (QED) is 0.508. The summed E-state index contributed by atoms with van der Waals surface area (Å²) in [6, 6.07) is 0. The van der Waals surface area contributed by atoms with Gasteiger partial charge >= 0.3 is 17.9 Å². The molecule has 0 unspecified atom stereocenters. The molecule has 0 spiro atoms. The summed E-state index contributed by atoms with van der Waals surface area (Å²) in [5.41, 5.74) is 0. The Labute approximate surface area is 115 Å². The van der Waals surface area contributed by atoms with Crippen molar-refractivity contribution in [3.63, 3.8) is 0 Å². The van der Waals surface area contributed by atoms with Crippen LogP contribution in [0.15, 0.2) is 0 Å². The highest BCUT2D eigenvalue weighted by atomic mass is 16.8. The van der Waals surface area contributed by atoms with Crippen LogP contribution in [0, 0.1) is 0 Å². The van der Waals surface area contributed by atoms with E-state index in [9.17, 15) is 14.4 Å². The maximum Gasteiger partial charge on any atom is 0.303 e. The predicted octanol–water partition coefficient (Wildman–Crippen LogP) is -0.463. The highest BCUT2D eigenvalue weighted by Gasteiger charge is 2.55. The van der Waals surface area contributed by atoms with E-state index in [0.29, 0.717) is 0 Å². The van der Waals surface area contributed by atoms with Gasteiger partial charge in [0.25, 0.3) is 0 Å². The van der Waals surface area contributed by atoms with Crippen molar-refractivity contribution in [1.82, 2.24) is 0 Å². The van der Waals surface area contributed by atoms with E-state index in [0.717, 1.165) is 0 Å². The van der Waals surface area contributed by atoms with E-state index in [1.165, 1.54) is 20.8 Å². The Balaban J connectivity index is 2.24. The van der Waals surface area contributed by atoms with Crippen LogP contribution < -0.4 is 0 Å². The average Bonchev–Trinajstić information content (AvgIpc) is 2.74. The van der Waals surface area contributed by atoms with Gasteiger partial charge in [-0.2, -0.15) is 0 Å². The van der Waals surface area contributed by atoms with Crippen molar-refractivity contribution in [3.8, 4) is 0 Å². The number of carbonyl (C=O) groups excluding carboxylic acids is 3. The average molecular weight is 288 g/mol. The Hall–Kier alpha value is -1.67. The minimum Gasteiger partial charge on any atom is -0.456 e. The molecule has 2 bridgehead atoms. The van der Waals surface area contributed by atoms with Gasteiger partial charge in [-0.25, -0.2) is 0 Å². The van der Waals surface area contributed by atoms with Gasteiger partial charge in [0, 0.05) is 20.8 Å². The Morgan fingerprint density at radius 1 is 0.850 bits per heavy atom. The van der Waals surface area contributed by atoms with Gasteiger partial charge in [-0.15, -0.1) is 0 Å². The van der Waals surface area contributed by atoms with Gasteiger partial charge in [0.2, 0.25) is 0 Å². The first kappa shape index (κ1) is 14.7. The molecule has 0 saturated carbocycles. The van der Waals surface area contributed by atoms with Crippen molar-refractivity contribution in [2.24, 2.45) is 0 Å². The minimum absolute atomic E-state index is 0.165. The third-order valence-electron chi connectivity index (χ3n) is 2.92. The number of carbonyl (C=O) groups is 3. The van der Waals surface area contributed by atoms with Crippen LogP contribution in [0.25, 0.3) is 0 Å². The number of hydrogen-bond donors (Lipinski definition) is 0. The molecule has 0 radical (unpaired) electrons. The lowest BCUT2D eigenvalue weighted by Crippen LogP contribution is -2.58. The molecule has 0 amide bonds. The lowest BCUT2D eigenvalue weighted by Gasteiger charge is -2.38. The van der Waals surface area contributed by atoms with E-state index in [1.807, 2.05) is 0 Å². The molecule has 8 nitrogen and oxygen atoms in total. The second-order valence-corrected chi connectivity index (χ2v) is 4.60. The maximum absolute atomic E-state index is 11.2. The molecule has 8 heteroatoms. The Bertz CT molecular complexity index is 390. The van der Waals surface area contributed by atoms with Gasteiger partial charge in [-0.3, -0.25) is 14.4 Å². The first-order valence-corrected chi connectivity index (χ1v) is 6.17. The number of ether oxygens (including phenoxy) is 5. The summed E-state index contributed by atoms with van der Waals surface area (Å²) >= 11 is 0. The summed E-state index contributed by atoms with van der Waals surface area (Å²) in [7, 11) is 0. The second-order valence-electron chi connectivity index (χ2n) is 4.60. The third-order valence-corrected chi connectivity index (χ3v) is 2.92. The van der Waals surface area contributed by atoms with Crippen LogP contribution in [-0.2, 0) is 38.1 Å². The van der Waals surface area contributed by atoms with Gasteiger partial charge in [0.15, 0.2) is 24.6 Å². The van der Waals surface area contributed by atoms with Gasteiger partial charge in [0.1, 0.15) is 6.10 Å². The fourth-order valence-corrected chi connectivity index (χ4v) is 2.31. The van der Waals surface area contributed by atoms with Crippen LogP contribution in [0.2, 0.25) is 0 Å². The molecule has 0 aliphatic carbocycles. The van der Waals surface area contributed by atoms with Gasteiger partial charge in [0.05, 0.1) is 6.61 Å². The van der Waals surface area contributed by atoms with E-state index in [4.69, 9.17) is 23.7 Å². The first-order valence-electron chi connectivity index (χ1n) is 6.17. The normalized spacial score (nSPS) is 35.2. The van der Waals surface area contributed by atoms with Crippen molar-refractivity contribution in [2.45, 2.75) is 51.5 Å². The van der Waals surface area contributed by atoms with Crippen molar-refractivity contribution in [2.75, 3.05) is 6.61 Å². The van der Waals surface area contributed by atoms with E-state index < -0.39 is 48.6 Å². The molecule has 0 N–H and O–H groups in total. The van der Waals surface area contributed by atoms with Crippen LogP contribution in [0.4, 0.5) is 0 Å². The number of esters is 3. The molecule has 0 aromatic heterocycles. The standard InChI is InChI=1S/C12H16O8/c1-5(13)17-9-8-4-16-12(20-8)11(19-7(3)15)10(9)18-6(2)14/h8-12H,4H2,1-3H3/t8-,9-,10+,11+,12-/m0/s1. The Kier molecular flexibility index (Phi) is 4.24. The third kappa shape index (κ3) is 3.07. The fraction of sp³-hybridized carbons (Fsp3) is 0.750. The molecule has 2 fully saturated rings. The zero-order valence-electron chi connectivity index (χ0n) is 11.4. The maximum atomic E-state index is 11.2. The Morgan fingerprint density at radius 2 is 1.35 bits per heavy atom. The first-order chi connectivity index (χ1) is 9.38. The molecule has 0 aromatic rings. The second kappa shape index (κ2) is 5.76. The summed E-state index contributed by atoms with van der Waals surface area (Å²) < 4.78 is 26.2. The van der Waals surface area contributed by atoms with Crippen molar-refractivity contribution < 1.29 is 38.1 Å². The predicted molar refractivity (Wildman–Crippen MR) is 61.3 cm³/mol. The minimum atomic E-state index is -0.973. The molecule has 20 heavy (non-hydrogen) atoms.